The summed E-state index contributed by atoms with van der Waals surface area (Å²) in [6, 6.07) is 27.4. The van der Waals surface area contributed by atoms with Crippen molar-refractivity contribution >= 4 is 70.2 Å². The zero-order chi connectivity index (χ0) is 32.9. The number of aromatic nitrogens is 2. The number of unbranched alkanes of at least 4 members (excludes halogenated alkanes) is 9. The number of aromatic amines is 2. The molecule has 3 aromatic carbocycles. The Morgan fingerprint density at radius 3 is 1.77 bits per heavy atom. The van der Waals surface area contributed by atoms with Gasteiger partial charge in [-0.05, 0) is 70.8 Å². The summed E-state index contributed by atoms with van der Waals surface area (Å²) in [5, 5.41) is 11.5. The predicted octanol–water partition coefficient (Wildman–Crippen LogP) is 13.5. The van der Waals surface area contributed by atoms with Crippen LogP contribution < -0.4 is 11.1 Å². The van der Waals surface area contributed by atoms with Gasteiger partial charge in [0.15, 0.2) is 0 Å². The van der Waals surface area contributed by atoms with Gasteiger partial charge in [0.1, 0.15) is 5.82 Å². The SMILES string of the molecule is CCCCCCCCNc1ccc(-c2cc3ccc4c5ccc6cc(-c7ccc(C(N)CCCCCCC)[nH]7)sc6c5ccc4c3s2)[nH]1. The van der Waals surface area contributed by atoms with Crippen molar-refractivity contribution < 1.29 is 0 Å². The maximum absolute atomic E-state index is 6.58. The van der Waals surface area contributed by atoms with Crippen molar-refractivity contribution in [1.29, 1.82) is 0 Å². The second kappa shape index (κ2) is 15.3. The molecule has 0 aliphatic rings. The largest absolute Gasteiger partial charge is 0.372 e. The maximum Gasteiger partial charge on any atom is 0.103 e. The molecular formula is C42H50N4S2. The minimum absolute atomic E-state index is 0.0715. The molecule has 1 atom stereocenters. The van der Waals surface area contributed by atoms with Crippen LogP contribution in [0.25, 0.3) is 62.9 Å². The lowest BCUT2D eigenvalue weighted by atomic mass is 10.00. The number of thiophene rings is 2. The van der Waals surface area contributed by atoms with Crippen LogP contribution in [-0.2, 0) is 0 Å². The van der Waals surface area contributed by atoms with Crippen LogP contribution in [0.15, 0.2) is 72.8 Å². The van der Waals surface area contributed by atoms with Crippen molar-refractivity contribution in [2.75, 3.05) is 11.9 Å². The molecule has 7 aromatic rings. The first-order valence-electron chi connectivity index (χ1n) is 18.3. The van der Waals surface area contributed by atoms with E-state index in [1.54, 1.807) is 0 Å². The van der Waals surface area contributed by atoms with Gasteiger partial charge >= 0.3 is 0 Å². The average Bonchev–Trinajstić information content (AvgIpc) is 3.92. The number of hydrogen-bond acceptors (Lipinski definition) is 4. The van der Waals surface area contributed by atoms with Gasteiger partial charge in [-0.15, -0.1) is 22.7 Å². The highest BCUT2D eigenvalue weighted by molar-refractivity contribution is 7.23. The smallest absolute Gasteiger partial charge is 0.103 e. The lowest BCUT2D eigenvalue weighted by molar-refractivity contribution is 0.549. The Labute approximate surface area is 293 Å². The third-order valence-corrected chi connectivity index (χ3v) is 12.4. The molecule has 4 nitrogen and oxygen atoms in total. The summed E-state index contributed by atoms with van der Waals surface area (Å²) in [6.45, 7) is 5.56. The monoisotopic (exact) mass is 674 g/mol. The van der Waals surface area contributed by atoms with Gasteiger partial charge in [-0.3, -0.25) is 0 Å². The van der Waals surface area contributed by atoms with Crippen LogP contribution in [0, 0.1) is 0 Å². The first-order chi connectivity index (χ1) is 23.6. The fourth-order valence-corrected chi connectivity index (χ4v) is 9.48. The zero-order valence-electron chi connectivity index (χ0n) is 28.6. The lowest BCUT2D eigenvalue weighted by Crippen LogP contribution is -2.10. The van der Waals surface area contributed by atoms with Gasteiger partial charge in [0, 0.05) is 38.5 Å². The number of nitrogens with one attached hydrogen (secondary N) is 3. The van der Waals surface area contributed by atoms with Crippen molar-refractivity contribution in [2.24, 2.45) is 5.73 Å². The van der Waals surface area contributed by atoms with Gasteiger partial charge in [0.25, 0.3) is 0 Å². The molecule has 0 saturated heterocycles. The first-order valence-corrected chi connectivity index (χ1v) is 20.0. The Hall–Kier alpha value is -3.58. The van der Waals surface area contributed by atoms with Crippen LogP contribution in [0.5, 0.6) is 0 Å². The van der Waals surface area contributed by atoms with Crippen molar-refractivity contribution in [1.82, 2.24) is 9.97 Å². The van der Waals surface area contributed by atoms with E-state index < -0.39 is 0 Å². The van der Waals surface area contributed by atoms with Crippen molar-refractivity contribution in [3.8, 4) is 21.1 Å². The Balaban J connectivity index is 1.09. The van der Waals surface area contributed by atoms with Crippen LogP contribution in [0.4, 0.5) is 5.82 Å². The van der Waals surface area contributed by atoms with Crippen molar-refractivity contribution in [2.45, 2.75) is 96.9 Å². The molecule has 7 rings (SSSR count). The third-order valence-electron chi connectivity index (χ3n) is 9.95. The van der Waals surface area contributed by atoms with E-state index in [-0.39, 0.29) is 6.04 Å². The van der Waals surface area contributed by atoms with E-state index >= 15 is 0 Å². The summed E-state index contributed by atoms with van der Waals surface area (Å²) in [6.07, 6.45) is 15.3. The minimum atomic E-state index is 0.0715. The van der Waals surface area contributed by atoms with E-state index in [0.29, 0.717) is 0 Å². The summed E-state index contributed by atoms with van der Waals surface area (Å²) >= 11 is 3.77. The predicted molar refractivity (Wildman–Crippen MR) is 214 cm³/mol. The zero-order valence-corrected chi connectivity index (χ0v) is 30.2. The van der Waals surface area contributed by atoms with E-state index in [1.165, 1.54) is 133 Å². The van der Waals surface area contributed by atoms with E-state index in [0.717, 1.165) is 24.5 Å². The molecule has 5 N–H and O–H groups in total. The Morgan fingerprint density at radius 1 is 0.583 bits per heavy atom. The van der Waals surface area contributed by atoms with Crippen LogP contribution >= 0.6 is 22.7 Å². The number of H-pyrrole nitrogens is 2. The van der Waals surface area contributed by atoms with Gasteiger partial charge in [-0.25, -0.2) is 0 Å². The number of fused-ring (bicyclic) bond motifs is 7. The Morgan fingerprint density at radius 2 is 1.12 bits per heavy atom. The summed E-state index contributed by atoms with van der Waals surface area (Å²) < 4.78 is 2.70. The van der Waals surface area contributed by atoms with E-state index in [9.17, 15) is 0 Å². The molecule has 4 heterocycles. The van der Waals surface area contributed by atoms with E-state index in [1.807, 2.05) is 22.7 Å². The van der Waals surface area contributed by atoms with Gasteiger partial charge in [-0.1, -0.05) is 114 Å². The minimum Gasteiger partial charge on any atom is -0.372 e. The fourth-order valence-electron chi connectivity index (χ4n) is 7.15. The Kier molecular flexibility index (Phi) is 10.5. The van der Waals surface area contributed by atoms with Crippen LogP contribution in [-0.4, -0.2) is 16.5 Å². The molecule has 48 heavy (non-hydrogen) atoms. The number of rotatable bonds is 17. The molecule has 0 amide bonds. The summed E-state index contributed by atoms with van der Waals surface area (Å²) in [5.74, 6) is 1.11. The highest BCUT2D eigenvalue weighted by atomic mass is 32.1. The molecular weight excluding hydrogens is 625 g/mol. The Bertz CT molecular complexity index is 2110. The fraction of sp³-hybridized carbons (Fsp3) is 0.381. The van der Waals surface area contributed by atoms with E-state index in [4.69, 9.17) is 5.73 Å². The third kappa shape index (κ3) is 7.08. The number of anilines is 1. The summed E-state index contributed by atoms with van der Waals surface area (Å²) in [4.78, 5) is 9.84. The molecule has 0 fully saturated rings. The van der Waals surface area contributed by atoms with E-state index in [2.05, 4.69) is 102 Å². The molecule has 250 valence electrons. The number of hydrogen-bond donors (Lipinski definition) is 4. The molecule has 6 heteroatoms. The topological polar surface area (TPSA) is 69.6 Å². The molecule has 0 saturated carbocycles. The molecule has 0 radical (unpaired) electrons. The van der Waals surface area contributed by atoms with Crippen molar-refractivity contribution in [3.63, 3.8) is 0 Å². The standard InChI is InChI=1S/C42H50N4S2/c1-3-5-7-9-11-13-25-44-40-24-23-37(46-40)39-27-29-16-18-31-30-17-15-28-26-38(47-41(28)32(30)19-20-33(31)42(29)48-39)36-22-21-35(45-36)34(43)14-12-10-8-6-4-2/h15-24,26-27,34,44-46H,3-14,25,43H2,1-2H3. The summed E-state index contributed by atoms with van der Waals surface area (Å²) in [5.41, 5.74) is 10.1. The molecule has 0 spiro atoms. The second-order valence-corrected chi connectivity index (χ2v) is 15.7. The highest BCUT2D eigenvalue weighted by Crippen LogP contribution is 2.43. The average molecular weight is 675 g/mol. The molecule has 0 aliphatic carbocycles. The van der Waals surface area contributed by atoms with Crippen molar-refractivity contribution in [3.05, 3.63) is 78.5 Å². The summed E-state index contributed by atoms with van der Waals surface area (Å²) in [7, 11) is 0. The van der Waals surface area contributed by atoms with Crippen LogP contribution in [0.1, 0.15) is 103 Å². The van der Waals surface area contributed by atoms with Gasteiger partial charge in [-0.2, -0.15) is 0 Å². The molecule has 0 aliphatic heterocycles. The molecule has 4 aromatic heterocycles. The second-order valence-electron chi connectivity index (χ2n) is 13.6. The lowest BCUT2D eigenvalue weighted by Gasteiger charge is -2.09. The van der Waals surface area contributed by atoms with Crippen LogP contribution in [0.3, 0.4) is 0 Å². The molecule has 1 unspecified atom stereocenters. The van der Waals surface area contributed by atoms with Gasteiger partial charge in [0.2, 0.25) is 0 Å². The maximum atomic E-state index is 6.58. The first kappa shape index (κ1) is 32.9. The van der Waals surface area contributed by atoms with Gasteiger partial charge < -0.3 is 21.0 Å². The normalized spacial score (nSPS) is 12.6. The number of nitrogens with two attached hydrogens (primary N) is 1. The van der Waals surface area contributed by atoms with Crippen LogP contribution in [0.2, 0.25) is 0 Å². The highest BCUT2D eigenvalue weighted by Gasteiger charge is 2.15. The quantitative estimate of drug-likeness (QED) is 0.0573. The van der Waals surface area contributed by atoms with Gasteiger partial charge in [0.05, 0.1) is 21.1 Å². The number of benzene rings is 3. The molecule has 0 bridgehead atoms.